The molecule has 1 aromatic carbocycles. The minimum absolute atomic E-state index is 0.0299. The maximum absolute atomic E-state index is 12.0. The van der Waals surface area contributed by atoms with Gasteiger partial charge in [0.05, 0.1) is 5.39 Å². The third-order valence-electron chi connectivity index (χ3n) is 2.23. The Morgan fingerprint density at radius 1 is 1.44 bits per heavy atom. The molecule has 1 N–H and O–H groups in total. The second-order valence-electron chi connectivity index (χ2n) is 3.33. The van der Waals surface area contributed by atoms with E-state index < -0.39 is 0 Å². The van der Waals surface area contributed by atoms with Crippen LogP contribution in [0.3, 0.4) is 0 Å². The second-order valence-corrected chi connectivity index (χ2v) is 4.18. The van der Waals surface area contributed by atoms with E-state index in [1.807, 2.05) is 0 Å². The topological polar surface area (TPSA) is 68.0 Å². The molecule has 6 heteroatoms. The summed E-state index contributed by atoms with van der Waals surface area (Å²) in [6.45, 7) is 0.404. The van der Waals surface area contributed by atoms with Crippen LogP contribution in [0.15, 0.2) is 27.5 Å². The van der Waals surface area contributed by atoms with Crippen LogP contribution < -0.4 is 5.56 Å². The van der Waals surface area contributed by atoms with Gasteiger partial charge in [0, 0.05) is 17.6 Å². The molecule has 0 aliphatic rings. The maximum Gasteiger partial charge on any atom is 0.278 e. The Bertz CT molecular complexity index is 567. The Morgan fingerprint density at radius 3 is 3.00 bits per heavy atom. The summed E-state index contributed by atoms with van der Waals surface area (Å²) in [7, 11) is 0. The first kappa shape index (κ1) is 11.2. The average Bonchev–Trinajstić information content (AvgIpc) is 2.28. The Kier molecular flexibility index (Phi) is 3.31. The highest BCUT2D eigenvalue weighted by Gasteiger charge is 2.07. The largest absolute Gasteiger partial charge is 0.396 e. The molecule has 16 heavy (non-hydrogen) atoms. The number of aryl methyl sites for hydroxylation is 1. The van der Waals surface area contributed by atoms with Crippen molar-refractivity contribution in [1.82, 2.24) is 15.0 Å². The number of aliphatic hydroxyl groups excluding tert-OH is 1. The van der Waals surface area contributed by atoms with E-state index in [9.17, 15) is 4.79 Å². The molecule has 0 saturated carbocycles. The van der Waals surface area contributed by atoms with Gasteiger partial charge in [-0.15, -0.1) is 5.10 Å². The van der Waals surface area contributed by atoms with E-state index in [4.69, 9.17) is 5.11 Å². The molecule has 0 saturated heterocycles. The van der Waals surface area contributed by atoms with Crippen molar-refractivity contribution >= 4 is 26.8 Å². The summed E-state index contributed by atoms with van der Waals surface area (Å²) in [6.07, 6.45) is 0.491. The lowest BCUT2D eigenvalue weighted by Gasteiger charge is -2.04. The number of halogens is 1. The van der Waals surface area contributed by atoms with Crippen molar-refractivity contribution in [2.24, 2.45) is 0 Å². The zero-order chi connectivity index (χ0) is 11.5. The first-order chi connectivity index (χ1) is 7.74. The van der Waals surface area contributed by atoms with Gasteiger partial charge in [0.1, 0.15) is 5.52 Å². The van der Waals surface area contributed by atoms with E-state index in [-0.39, 0.29) is 12.2 Å². The van der Waals surface area contributed by atoms with E-state index in [2.05, 4.69) is 26.2 Å². The molecule has 0 aliphatic carbocycles. The number of fused-ring (bicyclic) bond motifs is 1. The fourth-order valence-electron chi connectivity index (χ4n) is 1.45. The fraction of sp³-hybridized carbons (Fsp3) is 0.300. The highest BCUT2D eigenvalue weighted by molar-refractivity contribution is 9.10. The molecule has 0 bridgehead atoms. The van der Waals surface area contributed by atoms with Crippen LogP contribution in [-0.4, -0.2) is 26.7 Å². The summed E-state index contributed by atoms with van der Waals surface area (Å²) in [4.78, 5) is 12.0. The summed E-state index contributed by atoms with van der Waals surface area (Å²) in [5.41, 5.74) is 0.380. The number of aromatic nitrogens is 3. The number of hydrogen-bond acceptors (Lipinski definition) is 4. The number of rotatable bonds is 3. The lowest BCUT2D eigenvalue weighted by Crippen LogP contribution is -2.25. The molecule has 1 aromatic heterocycles. The minimum Gasteiger partial charge on any atom is -0.396 e. The van der Waals surface area contributed by atoms with Gasteiger partial charge in [0.2, 0.25) is 0 Å². The zero-order valence-corrected chi connectivity index (χ0v) is 10.0. The molecule has 0 amide bonds. The first-order valence-electron chi connectivity index (χ1n) is 4.87. The van der Waals surface area contributed by atoms with Gasteiger partial charge in [0.15, 0.2) is 0 Å². The number of benzene rings is 1. The molecule has 0 unspecified atom stereocenters. The normalized spacial score (nSPS) is 10.9. The molecule has 2 rings (SSSR count). The molecule has 5 nitrogen and oxygen atoms in total. The van der Waals surface area contributed by atoms with Crippen LogP contribution >= 0.6 is 15.9 Å². The minimum atomic E-state index is -0.189. The van der Waals surface area contributed by atoms with Crippen molar-refractivity contribution in [3.8, 4) is 0 Å². The fourth-order valence-corrected chi connectivity index (χ4v) is 1.97. The van der Waals surface area contributed by atoms with E-state index >= 15 is 0 Å². The van der Waals surface area contributed by atoms with E-state index in [1.54, 1.807) is 18.2 Å². The third kappa shape index (κ3) is 1.98. The zero-order valence-electron chi connectivity index (χ0n) is 8.43. The van der Waals surface area contributed by atoms with Crippen molar-refractivity contribution in [2.45, 2.75) is 13.0 Å². The summed E-state index contributed by atoms with van der Waals surface area (Å²) in [5.74, 6) is 0. The van der Waals surface area contributed by atoms with Gasteiger partial charge < -0.3 is 5.11 Å². The smallest absolute Gasteiger partial charge is 0.278 e. The molecular weight excluding hydrogens is 274 g/mol. The average molecular weight is 284 g/mol. The number of aliphatic hydroxyl groups is 1. The SMILES string of the molecule is O=c1c2c(Br)cccc2nnn1CCCO. The van der Waals surface area contributed by atoms with E-state index in [0.717, 1.165) is 0 Å². The highest BCUT2D eigenvalue weighted by Crippen LogP contribution is 2.17. The van der Waals surface area contributed by atoms with Crippen LogP contribution in [0.1, 0.15) is 6.42 Å². The Hall–Kier alpha value is -1.27. The quantitative estimate of drug-likeness (QED) is 0.910. The van der Waals surface area contributed by atoms with Crippen molar-refractivity contribution < 1.29 is 5.11 Å². The van der Waals surface area contributed by atoms with Gasteiger partial charge >= 0.3 is 0 Å². The predicted octanol–water partition coefficient (Wildman–Crippen LogP) is 0.936. The maximum atomic E-state index is 12.0. The summed E-state index contributed by atoms with van der Waals surface area (Å²) in [5, 5.41) is 17.0. The van der Waals surface area contributed by atoms with E-state index in [1.165, 1.54) is 4.68 Å². The second kappa shape index (κ2) is 4.71. The molecule has 84 valence electrons. The lowest BCUT2D eigenvalue weighted by atomic mass is 10.2. The van der Waals surface area contributed by atoms with Gasteiger partial charge in [-0.05, 0) is 34.5 Å². The molecule has 0 radical (unpaired) electrons. The van der Waals surface area contributed by atoms with Gasteiger partial charge in [-0.2, -0.15) is 0 Å². The van der Waals surface area contributed by atoms with Crippen molar-refractivity contribution in [1.29, 1.82) is 0 Å². The Labute approximate surface area is 99.8 Å². The summed E-state index contributed by atoms with van der Waals surface area (Å²) >= 11 is 3.32. The summed E-state index contributed by atoms with van der Waals surface area (Å²) < 4.78 is 1.98. The molecule has 0 spiro atoms. The van der Waals surface area contributed by atoms with Crippen molar-refractivity contribution in [3.63, 3.8) is 0 Å². The van der Waals surface area contributed by atoms with Crippen LogP contribution in [0.4, 0.5) is 0 Å². The van der Waals surface area contributed by atoms with Crippen LogP contribution in [0.5, 0.6) is 0 Å². The standard InChI is InChI=1S/C10H10BrN3O2/c11-7-3-1-4-8-9(7)10(16)14(13-12-8)5-2-6-15/h1,3-4,15H,2,5-6H2. The van der Waals surface area contributed by atoms with Crippen molar-refractivity contribution in [2.75, 3.05) is 6.61 Å². The lowest BCUT2D eigenvalue weighted by molar-refractivity contribution is 0.274. The Balaban J connectivity index is 2.60. The van der Waals surface area contributed by atoms with Gasteiger partial charge in [-0.1, -0.05) is 11.3 Å². The van der Waals surface area contributed by atoms with Crippen LogP contribution in [0.25, 0.3) is 10.9 Å². The third-order valence-corrected chi connectivity index (χ3v) is 2.89. The first-order valence-corrected chi connectivity index (χ1v) is 5.66. The molecule has 2 aromatic rings. The predicted molar refractivity (Wildman–Crippen MR) is 63.2 cm³/mol. The van der Waals surface area contributed by atoms with Crippen LogP contribution in [0.2, 0.25) is 0 Å². The van der Waals surface area contributed by atoms with Gasteiger partial charge in [0.25, 0.3) is 5.56 Å². The van der Waals surface area contributed by atoms with Crippen molar-refractivity contribution in [3.05, 3.63) is 33.0 Å². The van der Waals surface area contributed by atoms with Crippen LogP contribution in [-0.2, 0) is 6.54 Å². The molecule has 0 fully saturated rings. The van der Waals surface area contributed by atoms with Crippen LogP contribution in [0, 0.1) is 0 Å². The number of nitrogens with zero attached hydrogens (tertiary/aromatic N) is 3. The molecule has 1 heterocycles. The summed E-state index contributed by atoms with van der Waals surface area (Å²) in [6, 6.07) is 5.34. The number of hydrogen-bond donors (Lipinski definition) is 1. The van der Waals surface area contributed by atoms with E-state index in [0.29, 0.717) is 28.3 Å². The highest BCUT2D eigenvalue weighted by atomic mass is 79.9. The molecule has 0 aliphatic heterocycles. The monoisotopic (exact) mass is 283 g/mol. The molecular formula is C10H10BrN3O2. The van der Waals surface area contributed by atoms with Gasteiger partial charge in [-0.3, -0.25) is 4.79 Å². The molecule has 0 atom stereocenters. The Morgan fingerprint density at radius 2 is 2.25 bits per heavy atom. The van der Waals surface area contributed by atoms with Gasteiger partial charge in [-0.25, -0.2) is 4.68 Å².